The van der Waals surface area contributed by atoms with Crippen molar-refractivity contribution in [3.05, 3.63) is 87.6 Å². The summed E-state index contributed by atoms with van der Waals surface area (Å²) in [5.41, 5.74) is 5.13. The molecule has 2 aromatic rings. The third-order valence-electron chi connectivity index (χ3n) is 4.51. The molecule has 1 unspecified atom stereocenters. The minimum atomic E-state index is 0.150. The minimum Gasteiger partial charge on any atom is -0.383 e. The van der Waals surface area contributed by atoms with Gasteiger partial charge in [0.2, 0.25) is 0 Å². The van der Waals surface area contributed by atoms with Crippen LogP contribution < -0.4 is 0 Å². The molecule has 3 nitrogen and oxygen atoms in total. The molecule has 1 atom stereocenters. The van der Waals surface area contributed by atoms with E-state index in [0.29, 0.717) is 5.02 Å². The zero-order valence-electron chi connectivity index (χ0n) is 14.7. The molecule has 26 heavy (non-hydrogen) atoms. The van der Waals surface area contributed by atoms with Crippen LogP contribution in [-0.4, -0.2) is 19.0 Å². The van der Waals surface area contributed by atoms with Gasteiger partial charge in [-0.25, -0.2) is 0 Å². The van der Waals surface area contributed by atoms with Crippen LogP contribution in [0.15, 0.2) is 65.9 Å². The van der Waals surface area contributed by atoms with Gasteiger partial charge in [-0.2, -0.15) is 10.5 Å². The maximum absolute atomic E-state index is 9.48. The topological polar surface area (TPSA) is 50.8 Å². The van der Waals surface area contributed by atoms with E-state index in [1.165, 1.54) is 5.56 Å². The second kappa shape index (κ2) is 7.48. The van der Waals surface area contributed by atoms with E-state index >= 15 is 0 Å². The molecule has 0 radical (unpaired) electrons. The van der Waals surface area contributed by atoms with Gasteiger partial charge in [-0.3, -0.25) is 0 Å². The number of fused-ring (bicyclic) bond motifs is 1. The molecule has 4 heteroatoms. The summed E-state index contributed by atoms with van der Waals surface area (Å²) in [7, 11) is 3.89. The number of rotatable bonds is 2. The molecule has 2 aromatic carbocycles. The largest absolute Gasteiger partial charge is 0.383 e. The van der Waals surface area contributed by atoms with Crippen LogP contribution in [0.25, 0.3) is 5.57 Å². The molecule has 0 N–H and O–H groups in total. The number of allylic oxidation sites excluding steroid dienone is 3. The average molecular weight is 360 g/mol. The van der Waals surface area contributed by atoms with Crippen molar-refractivity contribution >= 4 is 17.2 Å². The van der Waals surface area contributed by atoms with Gasteiger partial charge >= 0.3 is 0 Å². The van der Waals surface area contributed by atoms with E-state index in [2.05, 4.69) is 18.2 Å². The van der Waals surface area contributed by atoms with Gasteiger partial charge in [0.25, 0.3) is 0 Å². The summed E-state index contributed by atoms with van der Waals surface area (Å²) >= 11 is 6.05. The fraction of sp³-hybridized carbons (Fsp3) is 0.182. The first-order valence-corrected chi connectivity index (χ1v) is 8.69. The van der Waals surface area contributed by atoms with Crippen LogP contribution in [0.1, 0.15) is 29.0 Å². The van der Waals surface area contributed by atoms with Crippen molar-refractivity contribution in [3.63, 3.8) is 0 Å². The Hall–Kier alpha value is -3.01. The highest BCUT2D eigenvalue weighted by Gasteiger charge is 2.30. The average Bonchev–Trinajstić information content (AvgIpc) is 2.64. The number of halogens is 1. The quantitative estimate of drug-likeness (QED) is 0.699. The predicted molar refractivity (Wildman–Crippen MR) is 104 cm³/mol. The lowest BCUT2D eigenvalue weighted by molar-refractivity contribution is 0.555. The highest BCUT2D eigenvalue weighted by molar-refractivity contribution is 6.30. The van der Waals surface area contributed by atoms with E-state index in [-0.39, 0.29) is 11.5 Å². The summed E-state index contributed by atoms with van der Waals surface area (Å²) in [6.45, 7) is 0. The molecule has 0 saturated heterocycles. The molecule has 3 rings (SSSR count). The van der Waals surface area contributed by atoms with E-state index in [1.807, 2.05) is 67.7 Å². The van der Waals surface area contributed by atoms with Crippen LogP contribution in [-0.2, 0) is 0 Å². The fourth-order valence-corrected chi connectivity index (χ4v) is 3.61. The Morgan fingerprint density at radius 1 is 1.08 bits per heavy atom. The lowest BCUT2D eigenvalue weighted by Gasteiger charge is -2.31. The van der Waals surface area contributed by atoms with E-state index in [4.69, 9.17) is 11.6 Å². The van der Waals surface area contributed by atoms with E-state index in [9.17, 15) is 10.5 Å². The molecule has 0 spiro atoms. The van der Waals surface area contributed by atoms with Crippen molar-refractivity contribution in [2.75, 3.05) is 14.1 Å². The molecule has 128 valence electrons. The standard InChI is InChI=1S/C22H18ClN3/c1-26(2)14-16-11-21(15-7-9-18(23)10-8-15)19-5-3-4-6-20(19)22(16)17(12-24)13-25/h3-10,14,21H,11H2,1-2H3/b16-14+. The van der Waals surface area contributed by atoms with Crippen LogP contribution in [0.5, 0.6) is 0 Å². The van der Waals surface area contributed by atoms with Gasteiger partial charge in [-0.05, 0) is 40.8 Å². The van der Waals surface area contributed by atoms with Crippen molar-refractivity contribution in [1.29, 1.82) is 10.5 Å². The van der Waals surface area contributed by atoms with Gasteiger partial charge in [0.05, 0.1) is 0 Å². The Morgan fingerprint density at radius 2 is 1.73 bits per heavy atom. The zero-order chi connectivity index (χ0) is 18.7. The molecule has 0 amide bonds. The van der Waals surface area contributed by atoms with E-state index in [1.54, 1.807) is 0 Å². The van der Waals surface area contributed by atoms with Crippen molar-refractivity contribution in [2.45, 2.75) is 12.3 Å². The van der Waals surface area contributed by atoms with Gasteiger partial charge in [0.15, 0.2) is 0 Å². The van der Waals surface area contributed by atoms with Crippen LogP contribution in [0.2, 0.25) is 5.02 Å². The molecule has 0 fully saturated rings. The Bertz CT molecular complexity index is 954. The highest BCUT2D eigenvalue weighted by atomic mass is 35.5. The van der Waals surface area contributed by atoms with Crippen molar-refractivity contribution in [3.8, 4) is 12.1 Å². The monoisotopic (exact) mass is 359 g/mol. The van der Waals surface area contributed by atoms with Crippen LogP contribution in [0.4, 0.5) is 0 Å². The zero-order valence-corrected chi connectivity index (χ0v) is 15.5. The van der Waals surface area contributed by atoms with Crippen molar-refractivity contribution in [2.24, 2.45) is 0 Å². The first-order chi connectivity index (χ1) is 12.5. The Labute approximate surface area is 159 Å². The first-order valence-electron chi connectivity index (χ1n) is 8.32. The van der Waals surface area contributed by atoms with Gasteiger partial charge in [-0.15, -0.1) is 0 Å². The van der Waals surface area contributed by atoms with E-state index in [0.717, 1.165) is 28.7 Å². The maximum Gasteiger partial charge on any atom is 0.137 e. The highest BCUT2D eigenvalue weighted by Crippen LogP contribution is 2.46. The van der Waals surface area contributed by atoms with Gasteiger partial charge in [0.1, 0.15) is 17.7 Å². The SMILES string of the molecule is CN(C)/C=C1\CC(c2ccc(Cl)cc2)c2ccccc2C1=C(C#N)C#N. The van der Waals surface area contributed by atoms with Gasteiger partial charge in [0, 0.05) is 36.8 Å². The number of nitriles is 2. The summed E-state index contributed by atoms with van der Waals surface area (Å²) in [4.78, 5) is 1.95. The number of benzene rings is 2. The van der Waals surface area contributed by atoms with Gasteiger partial charge < -0.3 is 4.90 Å². The Balaban J connectivity index is 2.27. The van der Waals surface area contributed by atoms with Crippen LogP contribution >= 0.6 is 11.6 Å². The Morgan fingerprint density at radius 3 is 2.35 bits per heavy atom. The summed E-state index contributed by atoms with van der Waals surface area (Å²) in [6.07, 6.45) is 2.72. The van der Waals surface area contributed by atoms with Crippen molar-refractivity contribution in [1.82, 2.24) is 4.90 Å². The molecule has 0 heterocycles. The van der Waals surface area contributed by atoms with Crippen molar-refractivity contribution < 1.29 is 0 Å². The fourth-order valence-electron chi connectivity index (χ4n) is 3.49. The predicted octanol–water partition coefficient (Wildman–Crippen LogP) is 5.12. The molecular formula is C22H18ClN3. The van der Waals surface area contributed by atoms with Gasteiger partial charge in [-0.1, -0.05) is 48.0 Å². The molecule has 0 aliphatic heterocycles. The third kappa shape index (κ3) is 3.36. The molecule has 1 aliphatic rings. The minimum absolute atomic E-state index is 0.150. The number of nitrogens with zero attached hydrogens (tertiary/aromatic N) is 3. The second-order valence-corrected chi connectivity index (χ2v) is 6.92. The van der Waals surface area contributed by atoms with E-state index < -0.39 is 0 Å². The number of hydrogen-bond donors (Lipinski definition) is 0. The summed E-state index contributed by atoms with van der Waals surface area (Å²) in [5.74, 6) is 0.150. The molecule has 0 aromatic heterocycles. The van der Waals surface area contributed by atoms with Crippen LogP contribution in [0, 0.1) is 22.7 Å². The third-order valence-corrected chi connectivity index (χ3v) is 4.76. The normalized spacial score (nSPS) is 17.2. The smallest absolute Gasteiger partial charge is 0.137 e. The second-order valence-electron chi connectivity index (χ2n) is 6.49. The molecule has 1 aliphatic carbocycles. The lowest BCUT2D eigenvalue weighted by atomic mass is 9.73. The molecule has 0 bridgehead atoms. The first kappa shape index (κ1) is 17.8. The molecular weight excluding hydrogens is 342 g/mol. The summed E-state index contributed by atoms with van der Waals surface area (Å²) in [5, 5.41) is 19.7. The summed E-state index contributed by atoms with van der Waals surface area (Å²) < 4.78 is 0. The lowest BCUT2D eigenvalue weighted by Crippen LogP contribution is -2.16. The Kier molecular flexibility index (Phi) is 5.12. The van der Waals surface area contributed by atoms with Crippen LogP contribution in [0.3, 0.4) is 0 Å². The number of hydrogen-bond acceptors (Lipinski definition) is 3. The maximum atomic E-state index is 9.48. The summed E-state index contributed by atoms with van der Waals surface area (Å²) in [6, 6.07) is 20.0. The molecule has 0 saturated carbocycles.